The highest BCUT2D eigenvalue weighted by molar-refractivity contribution is 5.89. The van der Waals surface area contributed by atoms with E-state index in [1.54, 1.807) is 18.6 Å². The van der Waals surface area contributed by atoms with Crippen molar-refractivity contribution in [2.75, 3.05) is 0 Å². The van der Waals surface area contributed by atoms with Crippen LogP contribution < -0.4 is 0 Å². The molecule has 1 heterocycles. The molecule has 1 aromatic heterocycles. The van der Waals surface area contributed by atoms with E-state index >= 15 is 0 Å². The predicted octanol–water partition coefficient (Wildman–Crippen LogP) is 3.52. The molecule has 0 aliphatic heterocycles. The molecule has 0 spiro atoms. The number of ether oxygens (including phenoxy) is 1. The number of hydrogen-bond acceptors (Lipinski definition) is 3. The Morgan fingerprint density at radius 3 is 2.81 bits per heavy atom. The summed E-state index contributed by atoms with van der Waals surface area (Å²) in [7, 11) is 0. The van der Waals surface area contributed by atoms with Crippen molar-refractivity contribution in [3.05, 3.63) is 54.1 Å². The van der Waals surface area contributed by atoms with Gasteiger partial charge in [-0.1, -0.05) is 26.0 Å². The Morgan fingerprint density at radius 2 is 2.14 bits per heavy atom. The molecule has 4 nitrogen and oxygen atoms in total. The van der Waals surface area contributed by atoms with E-state index in [-0.39, 0.29) is 12.1 Å². The number of carbonyl (C=O) groups is 1. The van der Waals surface area contributed by atoms with Crippen molar-refractivity contribution in [3.63, 3.8) is 0 Å². The molecular formula is C17H22N2O2. The average molecular weight is 286 g/mol. The summed E-state index contributed by atoms with van der Waals surface area (Å²) in [4.78, 5) is 16.2. The first kappa shape index (κ1) is 15.3. The SMILES string of the molecule is CC(C)CC(C)OC(=O)c1cccc(Cn2ccnc2)c1. The van der Waals surface area contributed by atoms with Gasteiger partial charge < -0.3 is 9.30 Å². The van der Waals surface area contributed by atoms with Gasteiger partial charge in [0.1, 0.15) is 0 Å². The van der Waals surface area contributed by atoms with Gasteiger partial charge in [-0.25, -0.2) is 9.78 Å². The largest absolute Gasteiger partial charge is 0.459 e. The van der Waals surface area contributed by atoms with E-state index in [1.807, 2.05) is 35.9 Å². The quantitative estimate of drug-likeness (QED) is 0.763. The molecule has 0 N–H and O–H groups in total. The van der Waals surface area contributed by atoms with Gasteiger partial charge in [-0.15, -0.1) is 0 Å². The van der Waals surface area contributed by atoms with Crippen molar-refractivity contribution >= 4 is 5.97 Å². The Bertz CT molecular complexity index is 576. The summed E-state index contributed by atoms with van der Waals surface area (Å²) in [6.45, 7) is 6.88. The monoisotopic (exact) mass is 286 g/mol. The zero-order valence-corrected chi connectivity index (χ0v) is 12.8. The standard InChI is InChI=1S/C17H22N2O2/c1-13(2)9-14(3)21-17(20)16-6-4-5-15(10-16)11-19-8-7-18-12-19/h4-8,10,12-14H,9,11H2,1-3H3. The van der Waals surface area contributed by atoms with Crippen LogP contribution in [0, 0.1) is 5.92 Å². The van der Waals surface area contributed by atoms with E-state index in [4.69, 9.17) is 4.74 Å². The van der Waals surface area contributed by atoms with Crippen LogP contribution in [0.2, 0.25) is 0 Å². The van der Waals surface area contributed by atoms with Crippen LogP contribution >= 0.6 is 0 Å². The van der Waals surface area contributed by atoms with E-state index < -0.39 is 0 Å². The Labute approximate surface area is 125 Å². The first-order chi connectivity index (χ1) is 10.0. The average Bonchev–Trinajstić information content (AvgIpc) is 2.90. The fraction of sp³-hybridized carbons (Fsp3) is 0.412. The highest BCUT2D eigenvalue weighted by Gasteiger charge is 2.13. The van der Waals surface area contributed by atoms with Crippen molar-refractivity contribution in [2.45, 2.75) is 39.8 Å². The third-order valence-electron chi connectivity index (χ3n) is 3.20. The van der Waals surface area contributed by atoms with Gasteiger partial charge in [-0.3, -0.25) is 0 Å². The molecule has 0 radical (unpaired) electrons. The maximum absolute atomic E-state index is 12.1. The number of aromatic nitrogens is 2. The molecule has 1 atom stereocenters. The first-order valence-corrected chi connectivity index (χ1v) is 7.30. The molecular weight excluding hydrogens is 264 g/mol. The molecule has 1 unspecified atom stereocenters. The van der Waals surface area contributed by atoms with Crippen molar-refractivity contribution in [1.29, 1.82) is 0 Å². The lowest BCUT2D eigenvalue weighted by molar-refractivity contribution is 0.0299. The first-order valence-electron chi connectivity index (χ1n) is 7.30. The van der Waals surface area contributed by atoms with Crippen LogP contribution in [-0.2, 0) is 11.3 Å². The van der Waals surface area contributed by atoms with Crippen LogP contribution in [0.4, 0.5) is 0 Å². The maximum Gasteiger partial charge on any atom is 0.338 e. The molecule has 0 bridgehead atoms. The number of benzene rings is 1. The van der Waals surface area contributed by atoms with Crippen LogP contribution in [0.5, 0.6) is 0 Å². The van der Waals surface area contributed by atoms with Crippen LogP contribution in [0.1, 0.15) is 43.1 Å². The second-order valence-electron chi connectivity index (χ2n) is 5.78. The van der Waals surface area contributed by atoms with E-state index in [0.29, 0.717) is 18.0 Å². The Balaban J connectivity index is 2.01. The number of carbonyl (C=O) groups excluding carboxylic acids is 1. The van der Waals surface area contributed by atoms with Gasteiger partial charge in [-0.05, 0) is 37.0 Å². The molecule has 112 valence electrons. The molecule has 0 amide bonds. The molecule has 0 aliphatic rings. The summed E-state index contributed by atoms with van der Waals surface area (Å²) in [6.07, 6.45) is 6.22. The highest BCUT2D eigenvalue weighted by atomic mass is 16.5. The van der Waals surface area contributed by atoms with E-state index in [0.717, 1.165) is 12.0 Å². The van der Waals surface area contributed by atoms with Crippen molar-refractivity contribution in [3.8, 4) is 0 Å². The van der Waals surface area contributed by atoms with Gasteiger partial charge in [0.25, 0.3) is 0 Å². The fourth-order valence-corrected chi connectivity index (χ4v) is 2.35. The molecule has 0 saturated heterocycles. The minimum atomic E-state index is -0.254. The summed E-state index contributed by atoms with van der Waals surface area (Å²) >= 11 is 0. The van der Waals surface area contributed by atoms with E-state index in [1.165, 1.54) is 0 Å². The number of esters is 1. The number of rotatable bonds is 6. The number of nitrogens with zero attached hydrogens (tertiary/aromatic N) is 2. The maximum atomic E-state index is 12.1. The lowest BCUT2D eigenvalue weighted by Crippen LogP contribution is -2.17. The van der Waals surface area contributed by atoms with Crippen LogP contribution in [0.25, 0.3) is 0 Å². The van der Waals surface area contributed by atoms with E-state index in [2.05, 4.69) is 18.8 Å². The van der Waals surface area contributed by atoms with Gasteiger partial charge in [0, 0.05) is 18.9 Å². The molecule has 0 saturated carbocycles. The Hall–Kier alpha value is -2.10. The van der Waals surface area contributed by atoms with Crippen LogP contribution in [-0.4, -0.2) is 21.6 Å². The summed E-state index contributed by atoms with van der Waals surface area (Å²) in [6, 6.07) is 7.55. The topological polar surface area (TPSA) is 44.1 Å². The molecule has 1 aromatic carbocycles. The molecule has 2 rings (SSSR count). The lowest BCUT2D eigenvalue weighted by Gasteiger charge is -2.15. The number of hydrogen-bond donors (Lipinski definition) is 0. The van der Waals surface area contributed by atoms with Crippen LogP contribution in [0.3, 0.4) is 0 Å². The van der Waals surface area contributed by atoms with Gasteiger partial charge in [0.2, 0.25) is 0 Å². The molecule has 4 heteroatoms. The second-order valence-corrected chi connectivity index (χ2v) is 5.78. The Morgan fingerprint density at radius 1 is 1.33 bits per heavy atom. The summed E-state index contributed by atoms with van der Waals surface area (Å²) in [5.74, 6) is 0.260. The predicted molar refractivity (Wildman–Crippen MR) is 82.1 cm³/mol. The van der Waals surface area contributed by atoms with Gasteiger partial charge in [-0.2, -0.15) is 0 Å². The second kappa shape index (κ2) is 7.07. The van der Waals surface area contributed by atoms with Crippen molar-refractivity contribution in [1.82, 2.24) is 9.55 Å². The summed E-state index contributed by atoms with van der Waals surface area (Å²) < 4.78 is 7.44. The van der Waals surface area contributed by atoms with Crippen molar-refractivity contribution in [2.24, 2.45) is 5.92 Å². The zero-order valence-electron chi connectivity index (χ0n) is 12.8. The smallest absolute Gasteiger partial charge is 0.338 e. The Kier molecular flexibility index (Phi) is 5.14. The molecule has 0 aliphatic carbocycles. The van der Waals surface area contributed by atoms with Crippen LogP contribution in [0.15, 0.2) is 43.0 Å². The van der Waals surface area contributed by atoms with E-state index in [9.17, 15) is 4.79 Å². The highest BCUT2D eigenvalue weighted by Crippen LogP contribution is 2.13. The fourth-order valence-electron chi connectivity index (χ4n) is 2.35. The van der Waals surface area contributed by atoms with Gasteiger partial charge in [0.15, 0.2) is 0 Å². The summed E-state index contributed by atoms with van der Waals surface area (Å²) in [5.41, 5.74) is 1.65. The minimum absolute atomic E-state index is 0.0604. The summed E-state index contributed by atoms with van der Waals surface area (Å²) in [5, 5.41) is 0. The zero-order chi connectivity index (χ0) is 15.2. The minimum Gasteiger partial charge on any atom is -0.459 e. The normalized spacial score (nSPS) is 12.4. The lowest BCUT2D eigenvalue weighted by atomic mass is 10.1. The van der Waals surface area contributed by atoms with Gasteiger partial charge >= 0.3 is 5.97 Å². The third-order valence-corrected chi connectivity index (χ3v) is 3.20. The molecule has 0 fully saturated rings. The number of imidazole rings is 1. The van der Waals surface area contributed by atoms with Gasteiger partial charge in [0.05, 0.1) is 18.0 Å². The third kappa shape index (κ3) is 4.74. The van der Waals surface area contributed by atoms with Crippen molar-refractivity contribution < 1.29 is 9.53 Å². The molecule has 2 aromatic rings. The molecule has 21 heavy (non-hydrogen) atoms.